The Balaban J connectivity index is 2.32. The molecule has 0 aliphatic rings. The molecule has 5 heteroatoms. The Bertz CT molecular complexity index is 531. The molecule has 88 valence electrons. The average Bonchev–Trinajstić information content (AvgIpc) is 2.29. The van der Waals surface area contributed by atoms with Gasteiger partial charge in [0.2, 0.25) is 0 Å². The zero-order valence-corrected chi connectivity index (χ0v) is 10.9. The molecule has 0 unspecified atom stereocenters. The number of nitrogens with one attached hydrogen (secondary N) is 1. The summed E-state index contributed by atoms with van der Waals surface area (Å²) in [5.74, 6) is 1.24. The van der Waals surface area contributed by atoms with Crippen LogP contribution in [0.15, 0.2) is 41.0 Å². The minimum atomic E-state index is 0.476. The van der Waals surface area contributed by atoms with Crippen LogP contribution in [0, 0.1) is 0 Å². The van der Waals surface area contributed by atoms with E-state index in [1.807, 2.05) is 24.3 Å². The van der Waals surface area contributed by atoms with Crippen LogP contribution < -0.4 is 15.8 Å². The Hall–Kier alpha value is -1.75. The van der Waals surface area contributed by atoms with E-state index in [9.17, 15) is 0 Å². The van der Waals surface area contributed by atoms with E-state index < -0.39 is 0 Å². The molecule has 2 rings (SSSR count). The molecule has 2 aromatic rings. The lowest BCUT2D eigenvalue weighted by molar-refractivity contribution is 0.417. The van der Waals surface area contributed by atoms with Gasteiger partial charge in [-0.25, -0.2) is 4.98 Å². The Kier molecular flexibility index (Phi) is 3.49. The Morgan fingerprint density at radius 1 is 1.29 bits per heavy atom. The second kappa shape index (κ2) is 5.05. The number of aromatic nitrogens is 1. The molecule has 0 saturated carbocycles. The third-order valence-corrected chi connectivity index (χ3v) is 2.71. The number of anilines is 3. The van der Waals surface area contributed by atoms with Crippen LogP contribution in [-0.2, 0) is 0 Å². The smallest absolute Gasteiger partial charge is 0.142 e. The number of hydrogen-bond acceptors (Lipinski definition) is 4. The van der Waals surface area contributed by atoms with E-state index in [1.54, 1.807) is 19.4 Å². The number of benzene rings is 1. The molecule has 4 nitrogen and oxygen atoms in total. The first-order valence-corrected chi connectivity index (χ1v) is 5.80. The van der Waals surface area contributed by atoms with E-state index in [0.29, 0.717) is 5.82 Å². The Morgan fingerprint density at radius 2 is 2.12 bits per heavy atom. The van der Waals surface area contributed by atoms with E-state index in [4.69, 9.17) is 10.5 Å². The van der Waals surface area contributed by atoms with Gasteiger partial charge >= 0.3 is 0 Å². The van der Waals surface area contributed by atoms with Crippen molar-refractivity contribution < 1.29 is 4.74 Å². The van der Waals surface area contributed by atoms with Crippen LogP contribution >= 0.6 is 15.9 Å². The fraction of sp³-hybridized carbons (Fsp3) is 0.0833. The largest absolute Gasteiger partial charge is 0.495 e. The lowest BCUT2D eigenvalue weighted by Gasteiger charge is -2.11. The first kappa shape index (κ1) is 11.7. The number of nitrogen functional groups attached to an aromatic ring is 1. The molecule has 0 spiro atoms. The van der Waals surface area contributed by atoms with Crippen molar-refractivity contribution in [2.24, 2.45) is 0 Å². The molecule has 0 atom stereocenters. The summed E-state index contributed by atoms with van der Waals surface area (Å²) in [4.78, 5) is 3.94. The van der Waals surface area contributed by atoms with Gasteiger partial charge in [-0.05, 0) is 24.3 Å². The van der Waals surface area contributed by atoms with Crippen LogP contribution in [0.1, 0.15) is 0 Å². The Labute approximate surface area is 108 Å². The number of methoxy groups -OCH3 is 1. The van der Waals surface area contributed by atoms with Gasteiger partial charge in [0.1, 0.15) is 11.6 Å². The topological polar surface area (TPSA) is 60.2 Å². The first-order chi connectivity index (χ1) is 8.19. The van der Waals surface area contributed by atoms with Gasteiger partial charge in [0, 0.05) is 22.4 Å². The van der Waals surface area contributed by atoms with E-state index >= 15 is 0 Å². The number of nitrogens with zero attached hydrogens (tertiary/aromatic N) is 1. The fourth-order valence-corrected chi connectivity index (χ4v) is 1.82. The summed E-state index contributed by atoms with van der Waals surface area (Å²) in [6, 6.07) is 9.36. The number of ether oxygens (including phenoxy) is 1. The third kappa shape index (κ3) is 2.88. The van der Waals surface area contributed by atoms with E-state index in [-0.39, 0.29) is 0 Å². The highest BCUT2D eigenvalue weighted by Crippen LogP contribution is 2.30. The van der Waals surface area contributed by atoms with Crippen LogP contribution in [-0.4, -0.2) is 12.1 Å². The van der Waals surface area contributed by atoms with Crippen LogP contribution in [0.4, 0.5) is 17.2 Å². The average molecular weight is 294 g/mol. The second-order valence-corrected chi connectivity index (χ2v) is 4.35. The zero-order valence-electron chi connectivity index (χ0n) is 9.27. The van der Waals surface area contributed by atoms with Crippen molar-refractivity contribution in [3.63, 3.8) is 0 Å². The molecule has 0 radical (unpaired) electrons. The summed E-state index contributed by atoms with van der Waals surface area (Å²) < 4.78 is 6.25. The highest BCUT2D eigenvalue weighted by Gasteiger charge is 2.04. The van der Waals surface area contributed by atoms with Crippen LogP contribution in [0.2, 0.25) is 0 Å². The standard InChI is InChI=1S/C12H12BrN3O/c1-17-11-3-2-8(13)6-10(11)16-9-4-5-15-12(14)7-9/h2-7H,1H3,(H3,14,15,16). The normalized spacial score (nSPS) is 10.0. The second-order valence-electron chi connectivity index (χ2n) is 3.44. The molecule has 0 aliphatic heterocycles. The minimum Gasteiger partial charge on any atom is -0.495 e. The van der Waals surface area contributed by atoms with Crippen molar-refractivity contribution in [1.29, 1.82) is 0 Å². The number of halogens is 1. The molecule has 1 aromatic carbocycles. The van der Waals surface area contributed by atoms with Crippen molar-refractivity contribution in [3.05, 3.63) is 41.0 Å². The molecule has 0 saturated heterocycles. The molecule has 0 amide bonds. The van der Waals surface area contributed by atoms with Crippen molar-refractivity contribution >= 4 is 33.1 Å². The van der Waals surface area contributed by atoms with Crippen molar-refractivity contribution in [3.8, 4) is 5.75 Å². The van der Waals surface area contributed by atoms with Gasteiger partial charge in [-0.15, -0.1) is 0 Å². The maximum absolute atomic E-state index is 5.62. The molecule has 1 heterocycles. The van der Waals surface area contributed by atoms with Gasteiger partial charge in [-0.2, -0.15) is 0 Å². The molecule has 0 aliphatic carbocycles. The highest BCUT2D eigenvalue weighted by atomic mass is 79.9. The number of hydrogen-bond donors (Lipinski definition) is 2. The van der Waals surface area contributed by atoms with Gasteiger partial charge < -0.3 is 15.8 Å². The molecule has 0 fully saturated rings. The third-order valence-electron chi connectivity index (χ3n) is 2.22. The lowest BCUT2D eigenvalue weighted by atomic mass is 10.2. The number of nitrogens with two attached hydrogens (primary N) is 1. The number of pyridine rings is 1. The molecule has 17 heavy (non-hydrogen) atoms. The van der Waals surface area contributed by atoms with E-state index in [2.05, 4.69) is 26.2 Å². The summed E-state index contributed by atoms with van der Waals surface area (Å²) in [7, 11) is 1.63. The van der Waals surface area contributed by atoms with Crippen LogP contribution in [0.5, 0.6) is 5.75 Å². The van der Waals surface area contributed by atoms with Gasteiger partial charge in [0.25, 0.3) is 0 Å². The van der Waals surface area contributed by atoms with Crippen molar-refractivity contribution in [2.75, 3.05) is 18.2 Å². The molecule has 0 bridgehead atoms. The van der Waals surface area contributed by atoms with Crippen LogP contribution in [0.3, 0.4) is 0 Å². The highest BCUT2D eigenvalue weighted by molar-refractivity contribution is 9.10. The predicted octanol–water partition coefficient (Wildman–Crippen LogP) is 3.18. The maximum atomic E-state index is 5.62. The van der Waals surface area contributed by atoms with Crippen molar-refractivity contribution in [1.82, 2.24) is 4.98 Å². The van der Waals surface area contributed by atoms with Gasteiger partial charge in [0.05, 0.1) is 12.8 Å². The van der Waals surface area contributed by atoms with Gasteiger partial charge in [-0.3, -0.25) is 0 Å². The summed E-state index contributed by atoms with van der Waals surface area (Å²) >= 11 is 3.42. The lowest BCUT2D eigenvalue weighted by Crippen LogP contribution is -1.96. The monoisotopic (exact) mass is 293 g/mol. The molecule has 3 N–H and O–H groups in total. The summed E-state index contributed by atoms with van der Waals surface area (Å²) in [5, 5.41) is 3.23. The zero-order chi connectivity index (χ0) is 12.3. The fourth-order valence-electron chi connectivity index (χ4n) is 1.46. The number of rotatable bonds is 3. The maximum Gasteiger partial charge on any atom is 0.142 e. The first-order valence-electron chi connectivity index (χ1n) is 5.01. The van der Waals surface area contributed by atoms with Gasteiger partial charge in [-0.1, -0.05) is 15.9 Å². The van der Waals surface area contributed by atoms with Gasteiger partial charge in [0.15, 0.2) is 0 Å². The summed E-state index contributed by atoms with van der Waals surface area (Å²) in [5.41, 5.74) is 7.36. The molecule has 1 aromatic heterocycles. The predicted molar refractivity (Wildman–Crippen MR) is 72.6 cm³/mol. The summed E-state index contributed by atoms with van der Waals surface area (Å²) in [6.07, 6.45) is 1.65. The van der Waals surface area contributed by atoms with Crippen LogP contribution in [0.25, 0.3) is 0 Å². The van der Waals surface area contributed by atoms with Crippen molar-refractivity contribution in [2.45, 2.75) is 0 Å². The molecular weight excluding hydrogens is 282 g/mol. The minimum absolute atomic E-state index is 0.476. The van der Waals surface area contributed by atoms with E-state index in [1.165, 1.54) is 0 Å². The van der Waals surface area contributed by atoms with E-state index in [0.717, 1.165) is 21.6 Å². The summed E-state index contributed by atoms with van der Waals surface area (Å²) in [6.45, 7) is 0. The molecular formula is C12H12BrN3O. The quantitative estimate of drug-likeness (QED) is 0.912. The Morgan fingerprint density at radius 3 is 2.82 bits per heavy atom. The SMILES string of the molecule is COc1ccc(Br)cc1Nc1ccnc(N)c1.